The molecule has 0 radical (unpaired) electrons. The Bertz CT molecular complexity index is 421. The summed E-state index contributed by atoms with van der Waals surface area (Å²) in [4.78, 5) is 11.9. The van der Waals surface area contributed by atoms with Crippen LogP contribution < -0.4 is 11.1 Å². The van der Waals surface area contributed by atoms with Gasteiger partial charge in [-0.2, -0.15) is 0 Å². The van der Waals surface area contributed by atoms with E-state index in [9.17, 15) is 13.6 Å². The molecule has 1 aromatic rings. The number of halogens is 2. The summed E-state index contributed by atoms with van der Waals surface area (Å²) in [6.45, 7) is 0. The van der Waals surface area contributed by atoms with Crippen LogP contribution in [0, 0.1) is 5.92 Å². The van der Waals surface area contributed by atoms with Gasteiger partial charge < -0.3 is 11.1 Å². The SMILES string of the molecule is Nc1ccc(NC(=O)C2CCC(F)(F)CC2)cc1. The number of nitrogens with two attached hydrogens (primary N) is 1. The molecular formula is C13H16F2N2O. The van der Waals surface area contributed by atoms with Gasteiger partial charge in [-0.25, -0.2) is 8.78 Å². The number of carbonyl (C=O) groups excluding carboxylic acids is 1. The molecule has 2 rings (SSSR count). The van der Waals surface area contributed by atoms with Crippen LogP contribution >= 0.6 is 0 Å². The van der Waals surface area contributed by atoms with Gasteiger partial charge in [-0.15, -0.1) is 0 Å². The smallest absolute Gasteiger partial charge is 0.248 e. The molecule has 0 aromatic heterocycles. The Labute approximate surface area is 104 Å². The standard InChI is InChI=1S/C13H16F2N2O/c14-13(15)7-5-9(6-8-13)12(18)17-11-3-1-10(16)2-4-11/h1-4,9H,5-8,16H2,(H,17,18). The van der Waals surface area contributed by atoms with E-state index in [1.807, 2.05) is 0 Å². The molecule has 0 aliphatic heterocycles. The molecule has 1 saturated carbocycles. The monoisotopic (exact) mass is 254 g/mol. The Morgan fingerprint density at radius 1 is 1.22 bits per heavy atom. The van der Waals surface area contributed by atoms with Gasteiger partial charge in [0.25, 0.3) is 0 Å². The van der Waals surface area contributed by atoms with Crippen LogP contribution in [0.1, 0.15) is 25.7 Å². The molecule has 1 aliphatic rings. The predicted molar refractivity (Wildman–Crippen MR) is 66.4 cm³/mol. The normalized spacial score (nSPS) is 19.4. The van der Waals surface area contributed by atoms with Gasteiger partial charge in [-0.1, -0.05) is 0 Å². The van der Waals surface area contributed by atoms with Gasteiger partial charge in [0.2, 0.25) is 11.8 Å². The molecule has 0 unspecified atom stereocenters. The number of anilines is 2. The Balaban J connectivity index is 1.91. The van der Waals surface area contributed by atoms with Crippen molar-refractivity contribution in [2.45, 2.75) is 31.6 Å². The van der Waals surface area contributed by atoms with Gasteiger partial charge in [0, 0.05) is 30.1 Å². The molecular weight excluding hydrogens is 238 g/mol. The molecule has 5 heteroatoms. The van der Waals surface area contributed by atoms with E-state index in [2.05, 4.69) is 5.32 Å². The van der Waals surface area contributed by atoms with Gasteiger partial charge >= 0.3 is 0 Å². The number of carbonyl (C=O) groups is 1. The quantitative estimate of drug-likeness (QED) is 0.797. The number of rotatable bonds is 2. The Hall–Kier alpha value is -1.65. The first-order chi connectivity index (χ1) is 8.46. The van der Waals surface area contributed by atoms with Crippen molar-refractivity contribution in [3.63, 3.8) is 0 Å². The third-order valence-electron chi connectivity index (χ3n) is 3.27. The van der Waals surface area contributed by atoms with Crippen LogP contribution in [-0.2, 0) is 4.79 Å². The number of hydrogen-bond acceptors (Lipinski definition) is 2. The van der Waals surface area contributed by atoms with E-state index in [4.69, 9.17) is 5.73 Å². The summed E-state index contributed by atoms with van der Waals surface area (Å²) in [7, 11) is 0. The van der Waals surface area contributed by atoms with E-state index in [1.165, 1.54) is 0 Å². The van der Waals surface area contributed by atoms with Crippen LogP contribution in [0.3, 0.4) is 0 Å². The molecule has 0 bridgehead atoms. The maximum atomic E-state index is 13.0. The van der Waals surface area contributed by atoms with Crippen molar-refractivity contribution < 1.29 is 13.6 Å². The first kappa shape index (κ1) is 12.8. The second-order valence-electron chi connectivity index (χ2n) is 4.74. The minimum absolute atomic E-state index is 0.185. The molecule has 3 nitrogen and oxygen atoms in total. The van der Waals surface area contributed by atoms with Gasteiger partial charge in [0.15, 0.2) is 0 Å². The van der Waals surface area contributed by atoms with Crippen molar-refractivity contribution in [2.24, 2.45) is 5.92 Å². The van der Waals surface area contributed by atoms with Crippen LogP contribution in [0.4, 0.5) is 20.2 Å². The summed E-state index contributed by atoms with van der Waals surface area (Å²) in [5, 5.41) is 2.73. The fourth-order valence-electron chi connectivity index (χ4n) is 2.11. The lowest BCUT2D eigenvalue weighted by atomic mass is 9.86. The predicted octanol–water partition coefficient (Wildman–Crippen LogP) is 3.03. The molecule has 1 aromatic carbocycles. The number of hydrogen-bond donors (Lipinski definition) is 2. The van der Waals surface area contributed by atoms with Crippen molar-refractivity contribution in [1.29, 1.82) is 0 Å². The minimum Gasteiger partial charge on any atom is -0.399 e. The molecule has 98 valence electrons. The second kappa shape index (κ2) is 4.92. The molecule has 1 fully saturated rings. The fourth-order valence-corrected chi connectivity index (χ4v) is 2.11. The van der Waals surface area contributed by atoms with Gasteiger partial charge in [-0.05, 0) is 37.1 Å². The zero-order valence-electron chi connectivity index (χ0n) is 9.96. The van der Waals surface area contributed by atoms with Crippen LogP contribution in [0.15, 0.2) is 24.3 Å². The summed E-state index contributed by atoms with van der Waals surface area (Å²) < 4.78 is 25.9. The van der Waals surface area contributed by atoms with Crippen LogP contribution in [-0.4, -0.2) is 11.8 Å². The topological polar surface area (TPSA) is 55.1 Å². The Morgan fingerprint density at radius 2 is 1.78 bits per heavy atom. The maximum Gasteiger partial charge on any atom is 0.248 e. The first-order valence-electron chi connectivity index (χ1n) is 6.00. The number of nitrogens with one attached hydrogen (secondary N) is 1. The molecule has 0 heterocycles. The number of benzene rings is 1. The molecule has 1 amide bonds. The van der Waals surface area contributed by atoms with E-state index in [1.54, 1.807) is 24.3 Å². The second-order valence-corrected chi connectivity index (χ2v) is 4.74. The highest BCUT2D eigenvalue weighted by Gasteiger charge is 2.37. The maximum absolute atomic E-state index is 13.0. The minimum atomic E-state index is -2.60. The third-order valence-corrected chi connectivity index (χ3v) is 3.27. The van der Waals surface area contributed by atoms with Gasteiger partial charge in [0.05, 0.1) is 0 Å². The molecule has 0 saturated heterocycles. The highest BCUT2D eigenvalue weighted by molar-refractivity contribution is 5.92. The van der Waals surface area contributed by atoms with Crippen molar-refractivity contribution in [1.82, 2.24) is 0 Å². The first-order valence-corrected chi connectivity index (χ1v) is 6.00. The highest BCUT2D eigenvalue weighted by Crippen LogP contribution is 2.36. The third kappa shape index (κ3) is 3.18. The number of alkyl halides is 2. The van der Waals surface area contributed by atoms with E-state index < -0.39 is 5.92 Å². The highest BCUT2D eigenvalue weighted by atomic mass is 19.3. The van der Waals surface area contributed by atoms with Crippen LogP contribution in [0.2, 0.25) is 0 Å². The summed E-state index contributed by atoms with van der Waals surface area (Å²) in [6.07, 6.45) is 0.0846. The van der Waals surface area contributed by atoms with Crippen LogP contribution in [0.5, 0.6) is 0 Å². The average molecular weight is 254 g/mol. The number of amides is 1. The zero-order valence-corrected chi connectivity index (χ0v) is 9.96. The molecule has 18 heavy (non-hydrogen) atoms. The Kier molecular flexibility index (Phi) is 3.50. The van der Waals surface area contributed by atoms with Crippen molar-refractivity contribution in [3.05, 3.63) is 24.3 Å². The lowest BCUT2D eigenvalue weighted by molar-refractivity contribution is -0.124. The summed E-state index contributed by atoms with van der Waals surface area (Å²) in [6, 6.07) is 6.77. The molecule has 1 aliphatic carbocycles. The summed E-state index contributed by atoms with van der Waals surface area (Å²) in [5.41, 5.74) is 6.80. The molecule has 3 N–H and O–H groups in total. The van der Waals surface area contributed by atoms with E-state index >= 15 is 0 Å². The summed E-state index contributed by atoms with van der Waals surface area (Å²) >= 11 is 0. The lowest BCUT2D eigenvalue weighted by Crippen LogP contribution is -2.31. The van der Waals surface area contributed by atoms with Gasteiger partial charge in [-0.3, -0.25) is 4.79 Å². The summed E-state index contributed by atoms with van der Waals surface area (Å²) in [5.74, 6) is -3.10. The molecule has 0 spiro atoms. The van der Waals surface area contributed by atoms with Crippen LogP contribution in [0.25, 0.3) is 0 Å². The lowest BCUT2D eigenvalue weighted by Gasteiger charge is -2.27. The Morgan fingerprint density at radius 3 is 2.33 bits per heavy atom. The van der Waals surface area contributed by atoms with E-state index in [0.29, 0.717) is 11.4 Å². The van der Waals surface area contributed by atoms with Crippen molar-refractivity contribution in [3.8, 4) is 0 Å². The zero-order chi connectivity index (χ0) is 13.2. The average Bonchev–Trinajstić information content (AvgIpc) is 2.32. The number of nitrogen functional groups attached to an aromatic ring is 1. The van der Waals surface area contributed by atoms with Crippen molar-refractivity contribution >= 4 is 17.3 Å². The van der Waals surface area contributed by atoms with Gasteiger partial charge in [0.1, 0.15) is 0 Å². The van der Waals surface area contributed by atoms with E-state index in [0.717, 1.165) is 0 Å². The fraction of sp³-hybridized carbons (Fsp3) is 0.462. The van der Waals surface area contributed by atoms with Crippen molar-refractivity contribution in [2.75, 3.05) is 11.1 Å². The molecule has 0 atom stereocenters. The van der Waals surface area contributed by atoms with E-state index in [-0.39, 0.29) is 37.5 Å². The largest absolute Gasteiger partial charge is 0.399 e.